The SMILES string of the molecule is CC(C)(O)[C@](C)(N)c1ccccc1. The lowest BCUT2D eigenvalue weighted by Gasteiger charge is -2.37. The fraction of sp³-hybridized carbons (Fsp3) is 0.455. The Labute approximate surface area is 79.4 Å². The molecule has 0 saturated heterocycles. The first-order chi connectivity index (χ1) is 5.86. The van der Waals surface area contributed by atoms with Gasteiger partial charge in [-0.3, -0.25) is 0 Å². The van der Waals surface area contributed by atoms with Crippen molar-refractivity contribution in [1.82, 2.24) is 0 Å². The van der Waals surface area contributed by atoms with E-state index >= 15 is 0 Å². The molecule has 0 unspecified atom stereocenters. The van der Waals surface area contributed by atoms with Crippen LogP contribution in [0, 0.1) is 0 Å². The summed E-state index contributed by atoms with van der Waals surface area (Å²) >= 11 is 0. The van der Waals surface area contributed by atoms with Crippen molar-refractivity contribution in [3.05, 3.63) is 35.9 Å². The lowest BCUT2D eigenvalue weighted by atomic mass is 9.79. The van der Waals surface area contributed by atoms with Crippen LogP contribution in [0.3, 0.4) is 0 Å². The van der Waals surface area contributed by atoms with Crippen molar-refractivity contribution in [2.24, 2.45) is 5.73 Å². The number of rotatable bonds is 2. The van der Waals surface area contributed by atoms with Gasteiger partial charge in [0.25, 0.3) is 0 Å². The monoisotopic (exact) mass is 179 g/mol. The van der Waals surface area contributed by atoms with E-state index in [0.29, 0.717) is 0 Å². The first-order valence-electron chi connectivity index (χ1n) is 4.42. The second kappa shape index (κ2) is 3.13. The third-order valence-corrected chi connectivity index (χ3v) is 2.64. The zero-order valence-corrected chi connectivity index (χ0v) is 8.41. The van der Waals surface area contributed by atoms with Crippen LogP contribution in [0.15, 0.2) is 30.3 Å². The smallest absolute Gasteiger partial charge is 0.0809 e. The molecule has 0 aliphatic carbocycles. The Hall–Kier alpha value is -0.860. The first kappa shape index (κ1) is 10.2. The highest BCUT2D eigenvalue weighted by atomic mass is 16.3. The molecule has 0 radical (unpaired) electrons. The molecule has 1 atom stereocenters. The van der Waals surface area contributed by atoms with Gasteiger partial charge < -0.3 is 10.8 Å². The van der Waals surface area contributed by atoms with Crippen molar-refractivity contribution in [3.63, 3.8) is 0 Å². The maximum Gasteiger partial charge on any atom is 0.0809 e. The molecule has 1 aromatic rings. The number of hydrogen-bond donors (Lipinski definition) is 2. The van der Waals surface area contributed by atoms with E-state index in [9.17, 15) is 5.11 Å². The Morgan fingerprint density at radius 3 is 1.92 bits per heavy atom. The minimum absolute atomic E-state index is 0.714. The van der Waals surface area contributed by atoms with Crippen LogP contribution in [0.25, 0.3) is 0 Å². The molecule has 72 valence electrons. The van der Waals surface area contributed by atoms with E-state index < -0.39 is 11.1 Å². The van der Waals surface area contributed by atoms with Gasteiger partial charge in [0.05, 0.1) is 11.1 Å². The minimum atomic E-state index is -0.922. The van der Waals surface area contributed by atoms with Gasteiger partial charge in [0.15, 0.2) is 0 Å². The standard InChI is InChI=1S/C11H17NO/c1-10(2,13)11(3,12)9-7-5-4-6-8-9/h4-8,13H,12H2,1-3H3/t11-/m1/s1. The van der Waals surface area contributed by atoms with Crippen LogP contribution in [0.4, 0.5) is 0 Å². The maximum atomic E-state index is 9.87. The van der Waals surface area contributed by atoms with Gasteiger partial charge in [-0.2, -0.15) is 0 Å². The first-order valence-corrected chi connectivity index (χ1v) is 4.42. The third-order valence-electron chi connectivity index (χ3n) is 2.64. The topological polar surface area (TPSA) is 46.2 Å². The second-order valence-corrected chi connectivity index (χ2v) is 4.13. The molecular formula is C11H17NO. The van der Waals surface area contributed by atoms with E-state index in [0.717, 1.165) is 5.56 Å². The van der Waals surface area contributed by atoms with Crippen molar-refractivity contribution in [1.29, 1.82) is 0 Å². The minimum Gasteiger partial charge on any atom is -0.388 e. The molecular weight excluding hydrogens is 162 g/mol. The Balaban J connectivity index is 3.08. The van der Waals surface area contributed by atoms with E-state index in [1.54, 1.807) is 13.8 Å². The predicted molar refractivity (Wildman–Crippen MR) is 54.3 cm³/mol. The van der Waals surface area contributed by atoms with E-state index in [1.807, 2.05) is 37.3 Å². The Morgan fingerprint density at radius 2 is 1.54 bits per heavy atom. The zero-order valence-electron chi connectivity index (χ0n) is 8.41. The van der Waals surface area contributed by atoms with Crippen molar-refractivity contribution >= 4 is 0 Å². The maximum absolute atomic E-state index is 9.87. The Bertz CT molecular complexity index is 272. The highest BCUT2D eigenvalue weighted by molar-refractivity contribution is 5.26. The second-order valence-electron chi connectivity index (χ2n) is 4.13. The average Bonchev–Trinajstić information content (AvgIpc) is 2.04. The summed E-state index contributed by atoms with van der Waals surface area (Å²) in [4.78, 5) is 0. The molecule has 0 bridgehead atoms. The van der Waals surface area contributed by atoms with Gasteiger partial charge in [0.2, 0.25) is 0 Å². The van der Waals surface area contributed by atoms with Crippen LogP contribution < -0.4 is 5.73 Å². The molecule has 0 heterocycles. The fourth-order valence-corrected chi connectivity index (χ4v) is 1.14. The summed E-state index contributed by atoms with van der Waals surface area (Å²) in [5.41, 5.74) is 5.38. The summed E-state index contributed by atoms with van der Waals surface area (Å²) in [6.07, 6.45) is 0. The lowest BCUT2D eigenvalue weighted by Crippen LogP contribution is -2.52. The van der Waals surface area contributed by atoms with Gasteiger partial charge >= 0.3 is 0 Å². The molecule has 0 amide bonds. The van der Waals surface area contributed by atoms with E-state index in [1.165, 1.54) is 0 Å². The van der Waals surface area contributed by atoms with Gasteiger partial charge in [-0.05, 0) is 26.3 Å². The van der Waals surface area contributed by atoms with E-state index in [-0.39, 0.29) is 0 Å². The largest absolute Gasteiger partial charge is 0.388 e. The van der Waals surface area contributed by atoms with Crippen LogP contribution in [0.5, 0.6) is 0 Å². The van der Waals surface area contributed by atoms with Crippen LogP contribution in [0.1, 0.15) is 26.3 Å². The molecule has 2 nitrogen and oxygen atoms in total. The summed E-state index contributed by atoms with van der Waals surface area (Å²) in [5.74, 6) is 0. The van der Waals surface area contributed by atoms with Crippen molar-refractivity contribution < 1.29 is 5.11 Å². The van der Waals surface area contributed by atoms with Crippen LogP contribution in [0.2, 0.25) is 0 Å². The summed E-state index contributed by atoms with van der Waals surface area (Å²) in [7, 11) is 0. The molecule has 0 aliphatic heterocycles. The summed E-state index contributed by atoms with van der Waals surface area (Å²) in [6, 6.07) is 9.64. The van der Waals surface area contributed by atoms with Gasteiger partial charge in [-0.1, -0.05) is 30.3 Å². The molecule has 0 spiro atoms. The third kappa shape index (κ3) is 1.90. The molecule has 0 fully saturated rings. The molecule has 13 heavy (non-hydrogen) atoms. The van der Waals surface area contributed by atoms with Gasteiger partial charge in [0, 0.05) is 0 Å². The highest BCUT2D eigenvalue weighted by Gasteiger charge is 2.36. The molecule has 1 rings (SSSR count). The number of aliphatic hydroxyl groups is 1. The molecule has 0 aliphatic rings. The highest BCUT2D eigenvalue weighted by Crippen LogP contribution is 2.29. The molecule has 3 N–H and O–H groups in total. The normalized spacial score (nSPS) is 16.7. The molecule has 1 aromatic carbocycles. The quantitative estimate of drug-likeness (QED) is 0.725. The number of benzene rings is 1. The number of hydrogen-bond acceptors (Lipinski definition) is 2. The zero-order chi connectivity index (χ0) is 10.1. The van der Waals surface area contributed by atoms with Crippen molar-refractivity contribution in [3.8, 4) is 0 Å². The van der Waals surface area contributed by atoms with E-state index in [2.05, 4.69) is 0 Å². The summed E-state index contributed by atoms with van der Waals surface area (Å²) in [6.45, 7) is 5.28. The van der Waals surface area contributed by atoms with Gasteiger partial charge in [0.1, 0.15) is 0 Å². The fourth-order valence-electron chi connectivity index (χ4n) is 1.14. The molecule has 2 heteroatoms. The molecule has 0 saturated carbocycles. The predicted octanol–water partition coefficient (Wildman–Crippen LogP) is 1.63. The van der Waals surface area contributed by atoms with Crippen molar-refractivity contribution in [2.75, 3.05) is 0 Å². The summed E-state index contributed by atoms with van der Waals surface area (Å²) in [5, 5.41) is 9.87. The Kier molecular flexibility index (Phi) is 2.46. The Morgan fingerprint density at radius 1 is 1.08 bits per heavy atom. The van der Waals surface area contributed by atoms with Crippen LogP contribution in [-0.4, -0.2) is 10.7 Å². The van der Waals surface area contributed by atoms with E-state index in [4.69, 9.17) is 5.73 Å². The summed E-state index contributed by atoms with van der Waals surface area (Å²) < 4.78 is 0. The average molecular weight is 179 g/mol. The van der Waals surface area contributed by atoms with Crippen LogP contribution >= 0.6 is 0 Å². The van der Waals surface area contributed by atoms with Gasteiger partial charge in [-0.25, -0.2) is 0 Å². The lowest BCUT2D eigenvalue weighted by molar-refractivity contribution is 0.00366. The molecule has 0 aromatic heterocycles. The van der Waals surface area contributed by atoms with Crippen LogP contribution in [-0.2, 0) is 5.54 Å². The van der Waals surface area contributed by atoms with Crippen molar-refractivity contribution in [2.45, 2.75) is 31.9 Å². The van der Waals surface area contributed by atoms with Gasteiger partial charge in [-0.15, -0.1) is 0 Å². The number of nitrogens with two attached hydrogens (primary N) is 1.